The first-order valence-electron chi connectivity index (χ1n) is 10.1. The lowest BCUT2D eigenvalue weighted by Crippen LogP contribution is -2.49. The van der Waals surface area contributed by atoms with Crippen LogP contribution in [-0.4, -0.2) is 64.4 Å². The van der Waals surface area contributed by atoms with Crippen molar-refractivity contribution in [3.8, 4) is 0 Å². The second kappa shape index (κ2) is 10.9. The van der Waals surface area contributed by atoms with Gasteiger partial charge in [0, 0.05) is 39.1 Å². The maximum atomic E-state index is 12.1. The number of nitrogens with one attached hydrogen (secondary N) is 1. The van der Waals surface area contributed by atoms with E-state index in [0.717, 1.165) is 57.2 Å². The zero-order valence-electron chi connectivity index (χ0n) is 17.1. The normalized spacial score (nSPS) is 18.0. The lowest BCUT2D eigenvalue weighted by Gasteiger charge is -2.34. The molecule has 2 heterocycles. The molecule has 8 heteroatoms. The van der Waals surface area contributed by atoms with E-state index < -0.39 is 0 Å². The van der Waals surface area contributed by atoms with Crippen LogP contribution in [0, 0.1) is 11.8 Å². The number of esters is 1. The van der Waals surface area contributed by atoms with Crippen LogP contribution < -0.4 is 5.32 Å². The number of aryl methyl sites for hydroxylation is 1. The summed E-state index contributed by atoms with van der Waals surface area (Å²) < 4.78 is 7.28. The molecule has 0 amide bonds. The predicted octanol–water partition coefficient (Wildman–Crippen LogP) is 1.72. The fraction of sp³-hybridized carbons (Fsp3) is 0.789. The van der Waals surface area contributed by atoms with E-state index in [9.17, 15) is 4.79 Å². The summed E-state index contributed by atoms with van der Waals surface area (Å²) in [6, 6.07) is 0. The average molecular weight is 379 g/mol. The van der Waals surface area contributed by atoms with Crippen molar-refractivity contribution in [3.63, 3.8) is 0 Å². The standard InChI is InChI=1S/C19H34N6O2/c1-5-17-23-22-14-25(17)11-9-20-19(21-12-15(3)4)24-10-7-8-16(13-24)18(26)27-6-2/h14-16H,5-13H2,1-4H3,(H,20,21). The monoisotopic (exact) mass is 378 g/mol. The Labute approximate surface area is 162 Å². The summed E-state index contributed by atoms with van der Waals surface area (Å²) >= 11 is 0. The van der Waals surface area contributed by atoms with Crippen LogP contribution in [-0.2, 0) is 22.5 Å². The lowest BCUT2D eigenvalue weighted by molar-refractivity contribution is -0.149. The molecule has 1 unspecified atom stereocenters. The molecule has 0 saturated carbocycles. The van der Waals surface area contributed by atoms with Crippen molar-refractivity contribution in [3.05, 3.63) is 12.2 Å². The number of aliphatic imine (C=N–C) groups is 1. The molecule has 1 aliphatic heterocycles. The quantitative estimate of drug-likeness (QED) is 0.421. The maximum Gasteiger partial charge on any atom is 0.310 e. The molecule has 8 nitrogen and oxygen atoms in total. The molecule has 152 valence electrons. The van der Waals surface area contributed by atoms with E-state index in [2.05, 4.69) is 45.8 Å². The molecule has 0 bridgehead atoms. The van der Waals surface area contributed by atoms with Crippen LogP contribution in [0.1, 0.15) is 46.4 Å². The highest BCUT2D eigenvalue weighted by atomic mass is 16.5. The topological polar surface area (TPSA) is 84.6 Å². The van der Waals surface area contributed by atoms with E-state index >= 15 is 0 Å². The fourth-order valence-corrected chi connectivity index (χ4v) is 3.19. The smallest absolute Gasteiger partial charge is 0.310 e. The molecule has 1 N–H and O–H groups in total. The van der Waals surface area contributed by atoms with Gasteiger partial charge in [0.2, 0.25) is 0 Å². The number of rotatable bonds is 8. The highest BCUT2D eigenvalue weighted by Gasteiger charge is 2.28. The van der Waals surface area contributed by atoms with Crippen LogP contribution in [0.2, 0.25) is 0 Å². The summed E-state index contributed by atoms with van der Waals surface area (Å²) in [6.45, 7) is 12.5. The van der Waals surface area contributed by atoms with Gasteiger partial charge >= 0.3 is 5.97 Å². The third-order valence-electron chi connectivity index (χ3n) is 4.59. The van der Waals surface area contributed by atoms with Crippen LogP contribution in [0.15, 0.2) is 11.3 Å². The van der Waals surface area contributed by atoms with Crippen LogP contribution >= 0.6 is 0 Å². The minimum Gasteiger partial charge on any atom is -0.466 e. The minimum atomic E-state index is -0.0949. The summed E-state index contributed by atoms with van der Waals surface area (Å²) in [4.78, 5) is 19.1. The number of aromatic nitrogens is 3. The van der Waals surface area contributed by atoms with E-state index in [1.165, 1.54) is 0 Å². The Hall–Kier alpha value is -2.12. The number of guanidine groups is 1. The SMILES string of the molecule is CCOC(=O)C1CCCN(C(=NCC(C)C)NCCn2cnnc2CC)C1. The van der Waals surface area contributed by atoms with Gasteiger partial charge in [0.15, 0.2) is 5.96 Å². The van der Waals surface area contributed by atoms with Crippen molar-refractivity contribution in [2.45, 2.75) is 53.5 Å². The van der Waals surface area contributed by atoms with Crippen molar-refractivity contribution >= 4 is 11.9 Å². The van der Waals surface area contributed by atoms with E-state index in [1.807, 2.05) is 6.92 Å². The molecule has 0 spiro atoms. The highest BCUT2D eigenvalue weighted by molar-refractivity contribution is 5.81. The number of piperidine rings is 1. The Balaban J connectivity index is 1.98. The number of likely N-dealkylation sites (tertiary alicyclic amines) is 1. The van der Waals surface area contributed by atoms with Gasteiger partial charge in [0.05, 0.1) is 12.5 Å². The average Bonchev–Trinajstić information content (AvgIpc) is 3.12. The summed E-state index contributed by atoms with van der Waals surface area (Å²) in [6.07, 6.45) is 4.48. The Kier molecular flexibility index (Phi) is 8.54. The molecule has 27 heavy (non-hydrogen) atoms. The second-order valence-electron chi connectivity index (χ2n) is 7.32. The maximum absolute atomic E-state index is 12.1. The fourth-order valence-electron chi connectivity index (χ4n) is 3.19. The first-order valence-corrected chi connectivity index (χ1v) is 10.1. The second-order valence-corrected chi connectivity index (χ2v) is 7.32. The van der Waals surface area contributed by atoms with Gasteiger partial charge in [0.25, 0.3) is 0 Å². The highest BCUT2D eigenvalue weighted by Crippen LogP contribution is 2.18. The number of hydrogen-bond donors (Lipinski definition) is 1. The Morgan fingerprint density at radius 1 is 1.44 bits per heavy atom. The molecule has 1 aromatic heterocycles. The van der Waals surface area contributed by atoms with Crippen molar-refractivity contribution in [1.29, 1.82) is 0 Å². The third kappa shape index (κ3) is 6.52. The van der Waals surface area contributed by atoms with E-state index in [1.54, 1.807) is 6.33 Å². The van der Waals surface area contributed by atoms with Gasteiger partial charge in [-0.15, -0.1) is 10.2 Å². The first-order chi connectivity index (χ1) is 13.0. The van der Waals surface area contributed by atoms with Crippen molar-refractivity contribution in [2.75, 3.05) is 32.8 Å². The third-order valence-corrected chi connectivity index (χ3v) is 4.59. The van der Waals surface area contributed by atoms with Crippen LogP contribution in [0.25, 0.3) is 0 Å². The van der Waals surface area contributed by atoms with Crippen LogP contribution in [0.5, 0.6) is 0 Å². The van der Waals surface area contributed by atoms with Gasteiger partial charge in [-0.05, 0) is 25.7 Å². The van der Waals surface area contributed by atoms with Gasteiger partial charge in [-0.2, -0.15) is 0 Å². The molecule has 0 aliphatic carbocycles. The van der Waals surface area contributed by atoms with Crippen LogP contribution in [0.4, 0.5) is 0 Å². The molecule has 1 fully saturated rings. The van der Waals surface area contributed by atoms with Gasteiger partial charge in [-0.3, -0.25) is 9.79 Å². The van der Waals surface area contributed by atoms with Gasteiger partial charge < -0.3 is 19.5 Å². The number of hydrogen-bond acceptors (Lipinski definition) is 5. The van der Waals surface area contributed by atoms with Crippen LogP contribution in [0.3, 0.4) is 0 Å². The summed E-state index contributed by atoms with van der Waals surface area (Å²) in [5.74, 6) is 2.18. The molecule has 2 rings (SSSR count). The zero-order chi connectivity index (χ0) is 19.6. The lowest BCUT2D eigenvalue weighted by atomic mass is 9.98. The largest absolute Gasteiger partial charge is 0.466 e. The molecule has 1 aromatic rings. The predicted molar refractivity (Wildman–Crippen MR) is 105 cm³/mol. The molecular formula is C19H34N6O2. The van der Waals surface area contributed by atoms with Gasteiger partial charge in [0.1, 0.15) is 12.2 Å². The summed E-state index contributed by atoms with van der Waals surface area (Å²) in [5, 5.41) is 11.6. The summed E-state index contributed by atoms with van der Waals surface area (Å²) in [7, 11) is 0. The molecule has 0 aromatic carbocycles. The molecular weight excluding hydrogens is 344 g/mol. The first kappa shape index (κ1) is 21.2. The molecule has 1 aliphatic rings. The van der Waals surface area contributed by atoms with E-state index in [4.69, 9.17) is 9.73 Å². The molecule has 0 radical (unpaired) electrons. The van der Waals surface area contributed by atoms with Gasteiger partial charge in [-0.1, -0.05) is 20.8 Å². The number of ether oxygens (including phenoxy) is 1. The molecule has 1 atom stereocenters. The van der Waals surface area contributed by atoms with Crippen molar-refractivity contribution in [2.24, 2.45) is 16.8 Å². The van der Waals surface area contributed by atoms with E-state index in [0.29, 0.717) is 19.1 Å². The number of nitrogens with zero attached hydrogens (tertiary/aromatic N) is 5. The number of carbonyl (C=O) groups excluding carboxylic acids is 1. The number of carbonyl (C=O) groups is 1. The van der Waals surface area contributed by atoms with Gasteiger partial charge in [-0.25, -0.2) is 0 Å². The van der Waals surface area contributed by atoms with E-state index in [-0.39, 0.29) is 11.9 Å². The Morgan fingerprint density at radius 2 is 2.26 bits per heavy atom. The molecule has 1 saturated heterocycles. The van der Waals surface area contributed by atoms with Crippen molar-refractivity contribution in [1.82, 2.24) is 25.0 Å². The minimum absolute atomic E-state index is 0.0747. The zero-order valence-corrected chi connectivity index (χ0v) is 17.1. The van der Waals surface area contributed by atoms with Crippen molar-refractivity contribution < 1.29 is 9.53 Å². The Bertz CT molecular complexity index is 613. The summed E-state index contributed by atoms with van der Waals surface area (Å²) in [5.41, 5.74) is 0. The Morgan fingerprint density at radius 3 is 2.96 bits per heavy atom.